The predicted molar refractivity (Wildman–Crippen MR) is 50.2 cm³/mol. The highest BCUT2D eigenvalue weighted by molar-refractivity contribution is 5.44. The van der Waals surface area contributed by atoms with Crippen molar-refractivity contribution in [2.45, 2.75) is 19.4 Å². The fourth-order valence-corrected chi connectivity index (χ4v) is 1.17. The lowest BCUT2D eigenvalue weighted by atomic mass is 10.0. The first-order valence-corrected chi connectivity index (χ1v) is 4.11. The van der Waals surface area contributed by atoms with Gasteiger partial charge < -0.3 is 10.8 Å². The molecule has 0 saturated carbocycles. The van der Waals surface area contributed by atoms with Gasteiger partial charge in [-0.1, -0.05) is 6.07 Å². The van der Waals surface area contributed by atoms with Gasteiger partial charge in [-0.15, -0.1) is 0 Å². The largest absolute Gasteiger partial charge is 0.507 e. The van der Waals surface area contributed by atoms with Crippen LogP contribution in [-0.4, -0.2) is 11.1 Å². The highest BCUT2D eigenvalue weighted by Crippen LogP contribution is 2.17. The summed E-state index contributed by atoms with van der Waals surface area (Å²) in [6.45, 7) is 1.90. The Morgan fingerprint density at radius 1 is 1.62 bits per heavy atom. The van der Waals surface area contributed by atoms with E-state index in [-0.39, 0.29) is 11.8 Å². The van der Waals surface area contributed by atoms with Gasteiger partial charge in [0.15, 0.2) is 0 Å². The van der Waals surface area contributed by atoms with Crippen molar-refractivity contribution in [2.75, 3.05) is 0 Å². The van der Waals surface area contributed by atoms with E-state index in [0.29, 0.717) is 5.56 Å². The maximum Gasteiger partial charge on any atom is 0.133 e. The first kappa shape index (κ1) is 9.56. The van der Waals surface area contributed by atoms with Crippen LogP contribution in [0.2, 0.25) is 0 Å². The van der Waals surface area contributed by atoms with Crippen LogP contribution in [0.15, 0.2) is 18.2 Å². The Labute approximate surface area is 77.4 Å². The summed E-state index contributed by atoms with van der Waals surface area (Å²) in [6, 6.07) is 6.95. The second kappa shape index (κ2) is 3.92. The van der Waals surface area contributed by atoms with E-state index in [1.807, 2.05) is 13.0 Å². The smallest absolute Gasteiger partial charge is 0.133 e. The quantitative estimate of drug-likeness (QED) is 0.710. The Bertz CT molecular complexity index is 339. The molecule has 3 nitrogen and oxygen atoms in total. The normalized spacial score (nSPS) is 12.1. The summed E-state index contributed by atoms with van der Waals surface area (Å²) in [5, 5.41) is 17.9. The van der Waals surface area contributed by atoms with Crippen molar-refractivity contribution in [3.63, 3.8) is 0 Å². The molecule has 0 amide bonds. The van der Waals surface area contributed by atoms with Crippen molar-refractivity contribution < 1.29 is 5.11 Å². The molecular formula is C10H12N2O. The van der Waals surface area contributed by atoms with Crippen LogP contribution in [0.5, 0.6) is 5.75 Å². The van der Waals surface area contributed by atoms with E-state index in [1.165, 1.54) is 6.07 Å². The number of benzene rings is 1. The molecule has 1 rings (SSSR count). The first-order chi connectivity index (χ1) is 6.13. The van der Waals surface area contributed by atoms with Gasteiger partial charge in [-0.3, -0.25) is 0 Å². The van der Waals surface area contributed by atoms with Gasteiger partial charge in [-0.2, -0.15) is 5.26 Å². The van der Waals surface area contributed by atoms with Crippen LogP contribution >= 0.6 is 0 Å². The van der Waals surface area contributed by atoms with Gasteiger partial charge in [0.1, 0.15) is 11.8 Å². The maximum atomic E-state index is 9.22. The van der Waals surface area contributed by atoms with Crippen LogP contribution in [0.1, 0.15) is 18.1 Å². The molecule has 0 bridgehead atoms. The minimum absolute atomic E-state index is 0.0240. The summed E-state index contributed by atoms with van der Waals surface area (Å²) in [5.74, 6) is 0.0240. The Morgan fingerprint density at radius 3 is 2.85 bits per heavy atom. The lowest BCUT2D eigenvalue weighted by Crippen LogP contribution is -2.17. The molecule has 0 radical (unpaired) electrons. The summed E-state index contributed by atoms with van der Waals surface area (Å²) in [4.78, 5) is 0. The molecule has 0 aliphatic rings. The first-order valence-electron chi connectivity index (χ1n) is 4.11. The SMILES string of the molecule is CC(N)Cc1ccc(O)c(C#N)c1. The van der Waals surface area contributed by atoms with Gasteiger partial charge in [0.2, 0.25) is 0 Å². The van der Waals surface area contributed by atoms with Gasteiger partial charge in [-0.25, -0.2) is 0 Å². The molecule has 0 saturated heterocycles. The predicted octanol–water partition coefficient (Wildman–Crippen LogP) is 1.15. The van der Waals surface area contributed by atoms with Gasteiger partial charge in [-0.05, 0) is 31.0 Å². The third-order valence-electron chi connectivity index (χ3n) is 1.74. The highest BCUT2D eigenvalue weighted by atomic mass is 16.3. The Morgan fingerprint density at radius 2 is 2.31 bits per heavy atom. The highest BCUT2D eigenvalue weighted by Gasteiger charge is 2.03. The summed E-state index contributed by atoms with van der Waals surface area (Å²) in [7, 11) is 0. The monoisotopic (exact) mass is 176 g/mol. The Kier molecular flexibility index (Phi) is 2.88. The molecule has 1 aromatic rings. The summed E-state index contributed by atoms with van der Waals surface area (Å²) < 4.78 is 0. The summed E-state index contributed by atoms with van der Waals surface area (Å²) in [6.07, 6.45) is 0.717. The number of hydrogen-bond acceptors (Lipinski definition) is 3. The van der Waals surface area contributed by atoms with Crippen LogP contribution in [0.4, 0.5) is 0 Å². The number of nitriles is 1. The van der Waals surface area contributed by atoms with Crippen molar-refractivity contribution in [3.8, 4) is 11.8 Å². The van der Waals surface area contributed by atoms with E-state index in [0.717, 1.165) is 12.0 Å². The van der Waals surface area contributed by atoms with Crippen LogP contribution in [0, 0.1) is 11.3 Å². The fourth-order valence-electron chi connectivity index (χ4n) is 1.17. The van der Waals surface area contributed by atoms with Crippen LogP contribution < -0.4 is 5.73 Å². The van der Waals surface area contributed by atoms with Gasteiger partial charge in [0.25, 0.3) is 0 Å². The third kappa shape index (κ3) is 2.46. The average Bonchev–Trinajstić information content (AvgIpc) is 2.07. The topological polar surface area (TPSA) is 70.0 Å². The molecule has 68 valence electrons. The van der Waals surface area contributed by atoms with Gasteiger partial charge in [0, 0.05) is 6.04 Å². The van der Waals surface area contributed by atoms with E-state index in [9.17, 15) is 5.11 Å². The second-order valence-corrected chi connectivity index (χ2v) is 3.14. The average molecular weight is 176 g/mol. The van der Waals surface area contributed by atoms with E-state index in [4.69, 9.17) is 11.0 Å². The van der Waals surface area contributed by atoms with Crippen LogP contribution in [-0.2, 0) is 6.42 Å². The molecule has 3 heteroatoms. The van der Waals surface area contributed by atoms with E-state index in [2.05, 4.69) is 0 Å². The van der Waals surface area contributed by atoms with Crippen LogP contribution in [0.25, 0.3) is 0 Å². The van der Waals surface area contributed by atoms with Gasteiger partial charge >= 0.3 is 0 Å². The second-order valence-electron chi connectivity index (χ2n) is 3.14. The van der Waals surface area contributed by atoms with Crippen molar-refractivity contribution in [1.82, 2.24) is 0 Å². The zero-order chi connectivity index (χ0) is 9.84. The number of hydrogen-bond donors (Lipinski definition) is 2. The molecule has 0 heterocycles. The van der Waals surface area contributed by atoms with Gasteiger partial charge in [0.05, 0.1) is 5.56 Å². The van der Waals surface area contributed by atoms with E-state index in [1.54, 1.807) is 12.1 Å². The lowest BCUT2D eigenvalue weighted by molar-refractivity contribution is 0.473. The molecule has 0 spiro atoms. The molecule has 3 N–H and O–H groups in total. The van der Waals surface area contributed by atoms with E-state index < -0.39 is 0 Å². The number of nitrogens with two attached hydrogens (primary N) is 1. The number of nitrogens with zero attached hydrogens (tertiary/aromatic N) is 1. The molecule has 0 fully saturated rings. The molecule has 0 aromatic heterocycles. The molecule has 1 atom stereocenters. The maximum absolute atomic E-state index is 9.22. The zero-order valence-corrected chi connectivity index (χ0v) is 7.49. The standard InChI is InChI=1S/C10H12N2O/c1-7(12)4-8-2-3-10(13)9(5-8)6-11/h2-3,5,7,13H,4,12H2,1H3. The lowest BCUT2D eigenvalue weighted by Gasteiger charge is -2.05. The van der Waals surface area contributed by atoms with Crippen LogP contribution in [0.3, 0.4) is 0 Å². The number of aromatic hydroxyl groups is 1. The Hall–Kier alpha value is -1.53. The van der Waals surface area contributed by atoms with Crippen molar-refractivity contribution in [3.05, 3.63) is 29.3 Å². The molecule has 0 aliphatic heterocycles. The number of phenols is 1. The Balaban J connectivity index is 2.95. The number of rotatable bonds is 2. The summed E-state index contributed by atoms with van der Waals surface area (Å²) >= 11 is 0. The van der Waals surface area contributed by atoms with Crippen molar-refractivity contribution in [1.29, 1.82) is 5.26 Å². The third-order valence-corrected chi connectivity index (χ3v) is 1.74. The van der Waals surface area contributed by atoms with E-state index >= 15 is 0 Å². The molecular weight excluding hydrogens is 164 g/mol. The molecule has 1 unspecified atom stereocenters. The molecule has 1 aromatic carbocycles. The van der Waals surface area contributed by atoms with Crippen molar-refractivity contribution >= 4 is 0 Å². The molecule has 13 heavy (non-hydrogen) atoms. The van der Waals surface area contributed by atoms with Crippen molar-refractivity contribution in [2.24, 2.45) is 5.73 Å². The minimum atomic E-state index is 0.0240. The number of phenolic OH excluding ortho intramolecular Hbond substituents is 1. The molecule has 0 aliphatic carbocycles. The fraction of sp³-hybridized carbons (Fsp3) is 0.300. The summed E-state index contributed by atoms with van der Waals surface area (Å²) in [5.41, 5.74) is 6.89. The zero-order valence-electron chi connectivity index (χ0n) is 7.49. The minimum Gasteiger partial charge on any atom is -0.507 e.